The first-order valence-corrected chi connectivity index (χ1v) is 12.3. The number of pyridine rings is 1. The lowest BCUT2D eigenvalue weighted by Crippen LogP contribution is -2.49. The molecule has 1 aliphatic heterocycles. The number of para-hydroxylation sites is 1. The Morgan fingerprint density at radius 1 is 1.09 bits per heavy atom. The van der Waals surface area contributed by atoms with Crippen LogP contribution in [0.5, 0.6) is 0 Å². The molecule has 2 aromatic rings. The van der Waals surface area contributed by atoms with E-state index in [0.29, 0.717) is 17.1 Å². The van der Waals surface area contributed by atoms with Crippen LogP contribution in [-0.4, -0.2) is 33.7 Å². The number of nitrogens with zero attached hydrogens (tertiary/aromatic N) is 2. The number of carbonyl (C=O) groups excluding carboxylic acids is 3. The summed E-state index contributed by atoms with van der Waals surface area (Å²) >= 11 is 1.19. The molecule has 0 radical (unpaired) electrons. The second-order valence-corrected chi connectivity index (χ2v) is 9.66. The first kappa shape index (κ1) is 22.5. The number of benzene rings is 1. The van der Waals surface area contributed by atoms with Crippen LogP contribution in [0, 0.1) is 12.8 Å². The van der Waals surface area contributed by atoms with E-state index in [9.17, 15) is 14.4 Å². The topological polar surface area (TPSA) is 79.4 Å². The molecule has 168 valence electrons. The molecule has 0 unspecified atom stereocenters. The first-order chi connectivity index (χ1) is 15.5. The summed E-state index contributed by atoms with van der Waals surface area (Å²) in [5.41, 5.74) is 2.09. The summed E-state index contributed by atoms with van der Waals surface area (Å²) in [4.78, 5) is 45.5. The third kappa shape index (κ3) is 5.04. The number of hydrogen-bond donors (Lipinski definition) is 1. The third-order valence-corrected chi connectivity index (χ3v) is 7.30. The molecule has 4 rings (SSSR count). The molecule has 2 fully saturated rings. The van der Waals surface area contributed by atoms with E-state index in [1.54, 1.807) is 23.2 Å². The molecule has 7 heteroatoms. The number of amides is 2. The van der Waals surface area contributed by atoms with Crippen LogP contribution in [0.1, 0.15) is 55.8 Å². The van der Waals surface area contributed by atoms with E-state index in [4.69, 9.17) is 0 Å². The van der Waals surface area contributed by atoms with Crippen LogP contribution >= 0.6 is 11.8 Å². The third-order valence-electron chi connectivity index (χ3n) is 6.25. The van der Waals surface area contributed by atoms with Gasteiger partial charge in [0.1, 0.15) is 0 Å². The van der Waals surface area contributed by atoms with E-state index < -0.39 is 12.0 Å². The molecular formula is C25H29N3O3S. The summed E-state index contributed by atoms with van der Waals surface area (Å²) in [6.45, 7) is 1.93. The molecule has 1 aromatic carbocycles. The van der Waals surface area contributed by atoms with Crippen molar-refractivity contribution in [1.82, 2.24) is 10.3 Å². The van der Waals surface area contributed by atoms with Crippen molar-refractivity contribution >= 4 is 34.4 Å². The summed E-state index contributed by atoms with van der Waals surface area (Å²) in [6, 6.07) is 12.2. The van der Waals surface area contributed by atoms with Crippen molar-refractivity contribution in [1.29, 1.82) is 0 Å². The van der Waals surface area contributed by atoms with Crippen LogP contribution < -0.4 is 10.2 Å². The van der Waals surface area contributed by atoms with Gasteiger partial charge in [-0.05, 0) is 43.5 Å². The maximum atomic E-state index is 13.8. The van der Waals surface area contributed by atoms with Crippen molar-refractivity contribution in [2.45, 2.75) is 57.5 Å². The van der Waals surface area contributed by atoms with Crippen LogP contribution in [0.3, 0.4) is 0 Å². The molecule has 2 atom stereocenters. The zero-order valence-corrected chi connectivity index (χ0v) is 19.1. The highest BCUT2D eigenvalue weighted by Gasteiger charge is 2.40. The smallest absolute Gasteiger partial charge is 0.249 e. The second kappa shape index (κ2) is 10.3. The fraction of sp³-hybridized carbons (Fsp3) is 0.440. The molecule has 6 nitrogen and oxygen atoms in total. The Labute approximate surface area is 193 Å². The average molecular weight is 452 g/mol. The summed E-state index contributed by atoms with van der Waals surface area (Å²) in [5.74, 6) is -0.420. The molecular weight excluding hydrogens is 422 g/mol. The van der Waals surface area contributed by atoms with Crippen molar-refractivity contribution in [3.8, 4) is 0 Å². The van der Waals surface area contributed by atoms with E-state index in [1.807, 2.05) is 37.3 Å². The molecule has 1 N–H and O–H groups in total. The number of nitrogens with one attached hydrogen (secondary N) is 1. The van der Waals surface area contributed by atoms with Gasteiger partial charge in [-0.1, -0.05) is 55.3 Å². The van der Waals surface area contributed by atoms with Crippen molar-refractivity contribution in [3.05, 3.63) is 59.9 Å². The number of aryl methyl sites for hydroxylation is 1. The maximum absolute atomic E-state index is 13.8. The van der Waals surface area contributed by atoms with Gasteiger partial charge in [-0.3, -0.25) is 24.3 Å². The van der Waals surface area contributed by atoms with E-state index in [-0.39, 0.29) is 29.4 Å². The molecule has 1 saturated heterocycles. The summed E-state index contributed by atoms with van der Waals surface area (Å²) < 4.78 is 0. The van der Waals surface area contributed by atoms with Gasteiger partial charge >= 0.3 is 0 Å². The number of anilines is 1. The second-order valence-electron chi connectivity index (χ2n) is 8.58. The van der Waals surface area contributed by atoms with Crippen molar-refractivity contribution < 1.29 is 14.4 Å². The monoisotopic (exact) mass is 451 g/mol. The minimum atomic E-state index is -0.896. The van der Waals surface area contributed by atoms with E-state index in [2.05, 4.69) is 10.3 Å². The van der Waals surface area contributed by atoms with Gasteiger partial charge in [0.2, 0.25) is 11.8 Å². The summed E-state index contributed by atoms with van der Waals surface area (Å²) in [7, 11) is 0. The van der Waals surface area contributed by atoms with Crippen LogP contribution in [0.2, 0.25) is 0 Å². The number of hydrogen-bond acceptors (Lipinski definition) is 5. The lowest BCUT2D eigenvalue weighted by molar-refractivity contribution is -0.129. The predicted molar refractivity (Wildman–Crippen MR) is 126 cm³/mol. The van der Waals surface area contributed by atoms with Gasteiger partial charge in [-0.25, -0.2) is 0 Å². The minimum absolute atomic E-state index is 0.0223. The van der Waals surface area contributed by atoms with Crippen LogP contribution in [0.4, 0.5) is 5.69 Å². The van der Waals surface area contributed by atoms with Gasteiger partial charge in [0.05, 0.1) is 11.6 Å². The lowest BCUT2D eigenvalue weighted by Gasteiger charge is -2.34. The highest BCUT2D eigenvalue weighted by molar-refractivity contribution is 8.14. The van der Waals surface area contributed by atoms with Gasteiger partial charge in [-0.15, -0.1) is 0 Å². The highest BCUT2D eigenvalue weighted by Crippen LogP contribution is 2.35. The van der Waals surface area contributed by atoms with E-state index in [0.717, 1.165) is 31.2 Å². The Morgan fingerprint density at radius 2 is 1.84 bits per heavy atom. The highest BCUT2D eigenvalue weighted by atomic mass is 32.2. The Bertz CT molecular complexity index is 975. The zero-order chi connectivity index (χ0) is 22.5. The number of carbonyl (C=O) groups is 3. The summed E-state index contributed by atoms with van der Waals surface area (Å²) in [6.07, 6.45) is 7.13. The average Bonchev–Trinajstić information content (AvgIpc) is 3.25. The zero-order valence-electron chi connectivity index (χ0n) is 18.3. The van der Waals surface area contributed by atoms with Crippen molar-refractivity contribution in [2.75, 3.05) is 10.7 Å². The first-order valence-electron chi connectivity index (χ1n) is 11.3. The molecule has 0 bridgehead atoms. The minimum Gasteiger partial charge on any atom is -0.351 e. The van der Waals surface area contributed by atoms with E-state index >= 15 is 0 Å². The van der Waals surface area contributed by atoms with E-state index in [1.165, 1.54) is 18.2 Å². The lowest BCUT2D eigenvalue weighted by atomic mass is 9.94. The fourth-order valence-corrected chi connectivity index (χ4v) is 5.50. The molecule has 2 heterocycles. The van der Waals surface area contributed by atoms with Crippen LogP contribution in [0.15, 0.2) is 48.7 Å². The molecule has 1 aliphatic carbocycles. The quantitative estimate of drug-likeness (QED) is 0.712. The Balaban J connectivity index is 1.75. The summed E-state index contributed by atoms with van der Waals surface area (Å²) in [5, 5.41) is 3.22. The van der Waals surface area contributed by atoms with Gasteiger partial charge < -0.3 is 5.32 Å². The normalized spacial score (nSPS) is 20.0. The SMILES string of the molecule is Cc1ccccc1N(C(=O)[C@H]1CSC(=O)C1)[C@H](C(=O)NC1CCCCC1)c1ccccn1. The number of aromatic nitrogens is 1. The van der Waals surface area contributed by atoms with Gasteiger partial charge in [0.15, 0.2) is 11.2 Å². The standard InChI is InChI=1S/C25H29N3O3S/c1-17-9-5-6-13-21(17)28(25(31)18-15-22(29)32-16-18)23(20-12-7-8-14-26-20)24(30)27-19-10-3-2-4-11-19/h5-9,12-14,18-19,23H,2-4,10-11,15-16H2,1H3,(H,27,30)/t18-,23+/m1/s1. The number of rotatable bonds is 6. The number of thioether (sulfide) groups is 1. The molecule has 2 amide bonds. The van der Waals surface area contributed by atoms with Crippen molar-refractivity contribution in [3.63, 3.8) is 0 Å². The molecule has 2 aliphatic rings. The largest absolute Gasteiger partial charge is 0.351 e. The van der Waals surface area contributed by atoms with Crippen LogP contribution in [0.25, 0.3) is 0 Å². The molecule has 32 heavy (non-hydrogen) atoms. The van der Waals surface area contributed by atoms with Crippen LogP contribution in [-0.2, 0) is 14.4 Å². The Morgan fingerprint density at radius 3 is 2.50 bits per heavy atom. The fourth-order valence-electron chi connectivity index (χ4n) is 4.54. The molecule has 1 aromatic heterocycles. The molecule has 1 saturated carbocycles. The van der Waals surface area contributed by atoms with Crippen molar-refractivity contribution in [2.24, 2.45) is 5.92 Å². The predicted octanol–water partition coefficient (Wildman–Crippen LogP) is 4.19. The maximum Gasteiger partial charge on any atom is 0.249 e. The Kier molecular flexibility index (Phi) is 7.25. The molecule has 0 spiro atoms. The van der Waals surface area contributed by atoms with Gasteiger partial charge in [0.25, 0.3) is 0 Å². The van der Waals surface area contributed by atoms with Gasteiger partial charge in [0, 0.05) is 30.1 Å². The van der Waals surface area contributed by atoms with Gasteiger partial charge in [-0.2, -0.15) is 0 Å². The Hall–Kier alpha value is -2.67.